The maximum absolute atomic E-state index is 12.1. The summed E-state index contributed by atoms with van der Waals surface area (Å²) in [4.78, 5) is 13.7. The van der Waals surface area contributed by atoms with E-state index in [0.29, 0.717) is 18.8 Å². The molecule has 1 aromatic heterocycles. The van der Waals surface area contributed by atoms with Crippen LogP contribution in [0.3, 0.4) is 0 Å². The Morgan fingerprint density at radius 2 is 2.26 bits per heavy atom. The third-order valence-electron chi connectivity index (χ3n) is 2.82. The minimum absolute atomic E-state index is 0.0254. The van der Waals surface area contributed by atoms with E-state index in [9.17, 15) is 4.79 Å². The van der Waals surface area contributed by atoms with Gasteiger partial charge in [0.05, 0.1) is 18.5 Å². The number of hydrogen-bond donors (Lipinski definition) is 2. The largest absolute Gasteiger partial charge is 0.395 e. The summed E-state index contributed by atoms with van der Waals surface area (Å²) in [6, 6.07) is 0.0742. The molecule has 2 amide bonds. The Morgan fingerprint density at radius 3 is 2.79 bits per heavy atom. The zero-order valence-corrected chi connectivity index (χ0v) is 12.0. The van der Waals surface area contributed by atoms with E-state index in [-0.39, 0.29) is 18.7 Å². The van der Waals surface area contributed by atoms with Crippen LogP contribution in [-0.4, -0.2) is 45.5 Å². The van der Waals surface area contributed by atoms with Gasteiger partial charge < -0.3 is 15.3 Å². The fraction of sp³-hybridized carbons (Fsp3) is 0.692. The molecule has 1 rings (SSSR count). The number of carbonyl (C=O) groups excluding carboxylic acids is 1. The first kappa shape index (κ1) is 15.5. The summed E-state index contributed by atoms with van der Waals surface area (Å²) >= 11 is 0. The molecule has 0 aliphatic rings. The van der Waals surface area contributed by atoms with E-state index >= 15 is 0 Å². The molecule has 1 aromatic rings. The van der Waals surface area contributed by atoms with Crippen LogP contribution in [-0.2, 0) is 0 Å². The number of unbranched alkanes of at least 4 members (excludes halogenated alkanes) is 1. The Kier molecular flexibility index (Phi) is 6.35. The molecule has 6 heteroatoms. The number of hydrogen-bond acceptors (Lipinski definition) is 3. The number of aliphatic hydroxyl groups excluding tert-OH is 1. The predicted octanol–water partition coefficient (Wildman–Crippen LogP) is 2.09. The van der Waals surface area contributed by atoms with Crippen LogP contribution in [0.5, 0.6) is 0 Å². The highest BCUT2D eigenvalue weighted by molar-refractivity contribution is 5.89. The number of urea groups is 1. The lowest BCUT2D eigenvalue weighted by Crippen LogP contribution is -2.37. The number of aromatic nitrogens is 2. The second-order valence-electron chi connectivity index (χ2n) is 4.80. The van der Waals surface area contributed by atoms with Crippen LogP contribution in [0.15, 0.2) is 12.4 Å². The molecule has 2 N–H and O–H groups in total. The van der Waals surface area contributed by atoms with Crippen molar-refractivity contribution in [1.29, 1.82) is 0 Å². The molecule has 19 heavy (non-hydrogen) atoms. The van der Waals surface area contributed by atoms with Gasteiger partial charge in [-0.05, 0) is 20.3 Å². The average Bonchev–Trinajstić information content (AvgIpc) is 2.83. The molecule has 1 heterocycles. The number of rotatable bonds is 7. The van der Waals surface area contributed by atoms with Gasteiger partial charge in [0.1, 0.15) is 0 Å². The summed E-state index contributed by atoms with van der Waals surface area (Å²) in [5, 5.41) is 16.0. The van der Waals surface area contributed by atoms with Crippen LogP contribution in [0, 0.1) is 0 Å². The number of aliphatic hydroxyl groups is 1. The molecule has 0 saturated carbocycles. The second-order valence-corrected chi connectivity index (χ2v) is 4.80. The summed E-state index contributed by atoms with van der Waals surface area (Å²) in [5.74, 6) is 0. The number of nitrogens with zero attached hydrogens (tertiary/aromatic N) is 3. The number of nitrogens with one attached hydrogen (secondary N) is 1. The van der Waals surface area contributed by atoms with E-state index < -0.39 is 0 Å². The molecule has 0 spiro atoms. The van der Waals surface area contributed by atoms with Gasteiger partial charge in [-0.15, -0.1) is 0 Å². The summed E-state index contributed by atoms with van der Waals surface area (Å²) < 4.78 is 1.79. The fourth-order valence-corrected chi connectivity index (χ4v) is 1.67. The number of amides is 2. The Morgan fingerprint density at radius 1 is 1.53 bits per heavy atom. The van der Waals surface area contributed by atoms with Crippen LogP contribution in [0.2, 0.25) is 0 Å². The maximum atomic E-state index is 12.1. The SMILES string of the molecule is CCCCN(CCO)C(=O)Nc1cnn(C(C)C)c1. The zero-order valence-electron chi connectivity index (χ0n) is 12.0. The Balaban J connectivity index is 2.58. The summed E-state index contributed by atoms with van der Waals surface area (Å²) in [6.07, 6.45) is 5.38. The predicted molar refractivity (Wildman–Crippen MR) is 75.2 cm³/mol. The molecule has 0 aliphatic heterocycles. The van der Waals surface area contributed by atoms with Gasteiger partial charge in [0.2, 0.25) is 0 Å². The van der Waals surface area contributed by atoms with E-state index in [4.69, 9.17) is 5.11 Å². The molecule has 0 unspecified atom stereocenters. The molecule has 0 radical (unpaired) electrons. The van der Waals surface area contributed by atoms with Gasteiger partial charge in [0.15, 0.2) is 0 Å². The van der Waals surface area contributed by atoms with Gasteiger partial charge in [0, 0.05) is 25.3 Å². The first-order chi connectivity index (χ1) is 9.08. The highest BCUT2D eigenvalue weighted by Crippen LogP contribution is 2.11. The first-order valence-corrected chi connectivity index (χ1v) is 6.79. The van der Waals surface area contributed by atoms with Crippen LogP contribution >= 0.6 is 0 Å². The minimum atomic E-state index is -0.189. The minimum Gasteiger partial charge on any atom is -0.395 e. The highest BCUT2D eigenvalue weighted by atomic mass is 16.3. The van der Waals surface area contributed by atoms with Crippen molar-refractivity contribution in [3.05, 3.63) is 12.4 Å². The summed E-state index contributed by atoms with van der Waals surface area (Å²) in [5.41, 5.74) is 0.679. The summed E-state index contributed by atoms with van der Waals surface area (Å²) in [7, 11) is 0. The molecule has 0 aliphatic carbocycles. The molecule has 0 atom stereocenters. The molecular weight excluding hydrogens is 244 g/mol. The van der Waals surface area contributed by atoms with E-state index in [2.05, 4.69) is 17.3 Å². The molecule has 0 fully saturated rings. The molecule has 0 aromatic carbocycles. The summed E-state index contributed by atoms with van der Waals surface area (Å²) in [6.45, 7) is 7.10. The van der Waals surface area contributed by atoms with Crippen LogP contribution < -0.4 is 5.32 Å². The van der Waals surface area contributed by atoms with E-state index in [1.54, 1.807) is 22.0 Å². The second kappa shape index (κ2) is 7.78. The van der Waals surface area contributed by atoms with Crippen molar-refractivity contribution in [3.63, 3.8) is 0 Å². The van der Waals surface area contributed by atoms with Crippen molar-refractivity contribution in [2.24, 2.45) is 0 Å². The molecule has 0 saturated heterocycles. The lowest BCUT2D eigenvalue weighted by Gasteiger charge is -2.21. The van der Waals surface area contributed by atoms with Gasteiger partial charge in [-0.3, -0.25) is 4.68 Å². The quantitative estimate of drug-likeness (QED) is 0.795. The van der Waals surface area contributed by atoms with Crippen molar-refractivity contribution in [2.45, 2.75) is 39.7 Å². The first-order valence-electron chi connectivity index (χ1n) is 6.79. The highest BCUT2D eigenvalue weighted by Gasteiger charge is 2.13. The van der Waals surface area contributed by atoms with E-state index in [1.807, 2.05) is 13.8 Å². The van der Waals surface area contributed by atoms with Gasteiger partial charge in [-0.1, -0.05) is 13.3 Å². The van der Waals surface area contributed by atoms with Crippen LogP contribution in [0.25, 0.3) is 0 Å². The monoisotopic (exact) mass is 268 g/mol. The topological polar surface area (TPSA) is 70.4 Å². The third-order valence-corrected chi connectivity index (χ3v) is 2.82. The van der Waals surface area contributed by atoms with Gasteiger partial charge in [0.25, 0.3) is 0 Å². The van der Waals surface area contributed by atoms with Gasteiger partial charge in [-0.2, -0.15) is 5.10 Å². The molecule has 108 valence electrons. The molecule has 0 bridgehead atoms. The lowest BCUT2D eigenvalue weighted by atomic mass is 10.3. The number of anilines is 1. The van der Waals surface area contributed by atoms with Crippen molar-refractivity contribution in [3.8, 4) is 0 Å². The third kappa shape index (κ3) is 4.90. The zero-order chi connectivity index (χ0) is 14.3. The Bertz CT molecular complexity index is 390. The van der Waals surface area contributed by atoms with Crippen LogP contribution in [0.4, 0.5) is 10.5 Å². The Hall–Kier alpha value is -1.56. The van der Waals surface area contributed by atoms with Crippen molar-refractivity contribution >= 4 is 11.7 Å². The van der Waals surface area contributed by atoms with Gasteiger partial charge >= 0.3 is 6.03 Å². The smallest absolute Gasteiger partial charge is 0.322 e. The van der Waals surface area contributed by atoms with E-state index in [0.717, 1.165) is 12.8 Å². The molecular formula is C13H24N4O2. The van der Waals surface area contributed by atoms with Crippen molar-refractivity contribution in [1.82, 2.24) is 14.7 Å². The number of carbonyl (C=O) groups is 1. The standard InChI is InChI=1S/C13H24N4O2/c1-4-5-6-16(7-8-18)13(19)15-12-9-14-17(10-12)11(2)3/h9-11,18H,4-8H2,1-3H3,(H,15,19). The average molecular weight is 268 g/mol. The van der Waals surface area contributed by atoms with E-state index in [1.165, 1.54) is 0 Å². The fourth-order valence-electron chi connectivity index (χ4n) is 1.67. The molecule has 6 nitrogen and oxygen atoms in total. The Labute approximate surface area is 114 Å². The van der Waals surface area contributed by atoms with Crippen molar-refractivity contribution in [2.75, 3.05) is 25.0 Å². The maximum Gasteiger partial charge on any atom is 0.322 e. The lowest BCUT2D eigenvalue weighted by molar-refractivity contribution is 0.187. The van der Waals surface area contributed by atoms with Crippen molar-refractivity contribution < 1.29 is 9.90 Å². The van der Waals surface area contributed by atoms with Gasteiger partial charge in [-0.25, -0.2) is 4.79 Å². The van der Waals surface area contributed by atoms with Crippen LogP contribution in [0.1, 0.15) is 39.7 Å². The normalized spacial score (nSPS) is 10.8.